The van der Waals surface area contributed by atoms with Gasteiger partial charge in [-0.25, -0.2) is 0 Å². The maximum Gasteiger partial charge on any atom is 0.246 e. The number of rotatable bonds is 5. The predicted octanol–water partition coefficient (Wildman–Crippen LogP) is 1.68. The molecule has 1 unspecified atom stereocenters. The number of hydrogen-bond donors (Lipinski definition) is 2. The topological polar surface area (TPSA) is 61.7 Å². The maximum atomic E-state index is 12.2. The van der Waals surface area contributed by atoms with Gasteiger partial charge >= 0.3 is 0 Å². The molecule has 0 aromatic heterocycles. The first kappa shape index (κ1) is 15.1. The van der Waals surface area contributed by atoms with E-state index in [0.29, 0.717) is 5.75 Å². The van der Waals surface area contributed by atoms with Crippen molar-refractivity contribution in [3.63, 3.8) is 0 Å². The Morgan fingerprint density at radius 3 is 2.75 bits per heavy atom. The molecule has 1 aliphatic heterocycles. The first-order valence-corrected chi connectivity index (χ1v) is 7.77. The molecule has 0 saturated carbocycles. The molecular weight excluding hydrogens is 272 g/mol. The Labute approximate surface area is 123 Å². The number of thioether (sulfide) groups is 1. The van der Waals surface area contributed by atoms with E-state index in [1.54, 1.807) is 11.8 Å². The highest BCUT2D eigenvalue weighted by Crippen LogP contribution is 2.23. The number of carbonyl (C=O) groups is 1. The van der Waals surface area contributed by atoms with Gasteiger partial charge in [0.1, 0.15) is 6.04 Å². The van der Waals surface area contributed by atoms with Gasteiger partial charge in [0.15, 0.2) is 0 Å². The first-order valence-electron chi connectivity index (χ1n) is 6.79. The molecule has 0 fully saturated rings. The molecule has 0 aliphatic carbocycles. The number of aliphatic hydroxyl groups is 1. The molecule has 1 heterocycles. The summed E-state index contributed by atoms with van der Waals surface area (Å²) in [5, 5.41) is 13.0. The Morgan fingerprint density at radius 2 is 2.15 bits per heavy atom. The van der Waals surface area contributed by atoms with Gasteiger partial charge in [-0.3, -0.25) is 9.79 Å². The lowest BCUT2D eigenvalue weighted by Crippen LogP contribution is -2.45. The number of nitrogens with one attached hydrogen (secondary N) is 1. The zero-order valence-corrected chi connectivity index (χ0v) is 12.6. The van der Waals surface area contributed by atoms with E-state index in [4.69, 9.17) is 0 Å². The minimum atomic E-state index is -0.358. The van der Waals surface area contributed by atoms with Crippen LogP contribution in [-0.4, -0.2) is 40.5 Å². The average molecular weight is 292 g/mol. The van der Waals surface area contributed by atoms with Crippen molar-refractivity contribution < 1.29 is 9.90 Å². The second-order valence-corrected chi connectivity index (χ2v) is 6.18. The lowest BCUT2D eigenvalue weighted by atomic mass is 10.1. The average Bonchev–Trinajstić information content (AvgIpc) is 2.95. The van der Waals surface area contributed by atoms with E-state index in [1.807, 2.05) is 44.2 Å². The second kappa shape index (κ2) is 6.90. The molecule has 1 aliphatic rings. The maximum absolute atomic E-state index is 12.2. The Morgan fingerprint density at radius 1 is 1.45 bits per heavy atom. The van der Waals surface area contributed by atoms with Gasteiger partial charge in [-0.2, -0.15) is 0 Å². The zero-order valence-electron chi connectivity index (χ0n) is 11.7. The molecule has 1 aromatic rings. The summed E-state index contributed by atoms with van der Waals surface area (Å²) in [4.78, 5) is 16.6. The summed E-state index contributed by atoms with van der Waals surface area (Å²) in [5.74, 6) is 0.763. The quantitative estimate of drug-likeness (QED) is 0.868. The summed E-state index contributed by atoms with van der Waals surface area (Å²) in [7, 11) is 0. The van der Waals surface area contributed by atoms with Crippen LogP contribution in [0.3, 0.4) is 0 Å². The van der Waals surface area contributed by atoms with E-state index in [-0.39, 0.29) is 30.5 Å². The fourth-order valence-electron chi connectivity index (χ4n) is 1.95. The van der Waals surface area contributed by atoms with Gasteiger partial charge in [0.05, 0.1) is 17.7 Å². The number of amides is 1. The van der Waals surface area contributed by atoms with Crippen molar-refractivity contribution in [1.82, 2.24) is 5.32 Å². The second-order valence-electron chi connectivity index (χ2n) is 5.17. The van der Waals surface area contributed by atoms with Crippen LogP contribution in [0.5, 0.6) is 0 Å². The van der Waals surface area contributed by atoms with Crippen molar-refractivity contribution in [2.45, 2.75) is 25.9 Å². The number of carbonyl (C=O) groups excluding carboxylic acids is 1. The van der Waals surface area contributed by atoms with Crippen LogP contribution in [0.15, 0.2) is 35.3 Å². The molecule has 108 valence electrons. The summed E-state index contributed by atoms with van der Waals surface area (Å²) < 4.78 is 0. The first-order chi connectivity index (χ1) is 9.61. The standard InChI is InChI=1S/C15H20N2O2S/c1-10(2)12(8-18)16-14(19)13-9-20-15(17-13)11-6-4-3-5-7-11/h3-7,10,12-13,18H,8-9H2,1-2H3,(H,16,19)/t12-,13?/m1/s1. The van der Waals surface area contributed by atoms with Gasteiger partial charge < -0.3 is 10.4 Å². The van der Waals surface area contributed by atoms with Crippen molar-refractivity contribution in [3.8, 4) is 0 Å². The van der Waals surface area contributed by atoms with E-state index in [1.165, 1.54) is 0 Å². The summed E-state index contributed by atoms with van der Waals surface area (Å²) in [5.41, 5.74) is 1.05. The summed E-state index contributed by atoms with van der Waals surface area (Å²) in [6, 6.07) is 9.32. The predicted molar refractivity (Wildman–Crippen MR) is 83.1 cm³/mol. The van der Waals surface area contributed by atoms with Crippen molar-refractivity contribution in [1.29, 1.82) is 0 Å². The number of aliphatic hydroxyl groups excluding tert-OH is 1. The molecule has 5 heteroatoms. The Kier molecular flexibility index (Phi) is 5.20. The molecule has 2 N–H and O–H groups in total. The lowest BCUT2D eigenvalue weighted by molar-refractivity contribution is -0.123. The van der Waals surface area contributed by atoms with E-state index in [2.05, 4.69) is 10.3 Å². The highest BCUT2D eigenvalue weighted by atomic mass is 32.2. The SMILES string of the molecule is CC(C)[C@@H](CO)NC(=O)C1CSC(c2ccccc2)=N1. The third-order valence-corrected chi connectivity index (χ3v) is 4.40. The van der Waals surface area contributed by atoms with Crippen molar-refractivity contribution in [2.24, 2.45) is 10.9 Å². The summed E-state index contributed by atoms with van der Waals surface area (Å²) in [6.45, 7) is 3.91. The number of hydrogen-bond acceptors (Lipinski definition) is 4. The molecule has 20 heavy (non-hydrogen) atoms. The highest BCUT2D eigenvalue weighted by Gasteiger charge is 2.27. The van der Waals surface area contributed by atoms with E-state index in [0.717, 1.165) is 10.6 Å². The molecule has 0 radical (unpaired) electrons. The Bertz CT molecular complexity index is 488. The molecular formula is C15H20N2O2S. The van der Waals surface area contributed by atoms with Gasteiger partial charge in [-0.1, -0.05) is 44.2 Å². The molecule has 0 spiro atoms. The van der Waals surface area contributed by atoms with E-state index in [9.17, 15) is 9.90 Å². The van der Waals surface area contributed by atoms with E-state index >= 15 is 0 Å². The summed E-state index contributed by atoms with van der Waals surface area (Å²) in [6.07, 6.45) is 0. The molecule has 1 aromatic carbocycles. The third kappa shape index (κ3) is 3.61. The zero-order chi connectivity index (χ0) is 14.5. The van der Waals surface area contributed by atoms with E-state index < -0.39 is 0 Å². The van der Waals surface area contributed by atoms with Crippen LogP contribution in [-0.2, 0) is 4.79 Å². The van der Waals surface area contributed by atoms with Crippen molar-refractivity contribution in [2.75, 3.05) is 12.4 Å². The smallest absolute Gasteiger partial charge is 0.246 e. The third-order valence-electron chi connectivity index (χ3n) is 3.30. The minimum Gasteiger partial charge on any atom is -0.394 e. The normalized spacial score (nSPS) is 19.8. The Balaban J connectivity index is 2.01. The molecule has 1 amide bonds. The van der Waals surface area contributed by atoms with Gasteiger partial charge in [-0.05, 0) is 5.92 Å². The van der Waals surface area contributed by atoms with Crippen LogP contribution in [0.25, 0.3) is 0 Å². The monoisotopic (exact) mass is 292 g/mol. The molecule has 2 rings (SSSR count). The summed E-state index contributed by atoms with van der Waals surface area (Å²) >= 11 is 1.60. The molecule has 4 nitrogen and oxygen atoms in total. The highest BCUT2D eigenvalue weighted by molar-refractivity contribution is 8.14. The van der Waals surface area contributed by atoms with Gasteiger partial charge in [0.25, 0.3) is 0 Å². The van der Waals surface area contributed by atoms with Crippen LogP contribution in [0, 0.1) is 5.92 Å². The van der Waals surface area contributed by atoms with Gasteiger partial charge in [-0.15, -0.1) is 11.8 Å². The number of benzene rings is 1. The Hall–Kier alpha value is -1.33. The number of aliphatic imine (C=N–C) groups is 1. The fourth-order valence-corrected chi connectivity index (χ4v) is 3.00. The molecule has 0 saturated heterocycles. The van der Waals surface area contributed by atoms with Crippen LogP contribution in [0.4, 0.5) is 0 Å². The van der Waals surface area contributed by atoms with Crippen LogP contribution in [0.2, 0.25) is 0 Å². The van der Waals surface area contributed by atoms with Crippen LogP contribution in [0.1, 0.15) is 19.4 Å². The van der Waals surface area contributed by atoms with Crippen molar-refractivity contribution in [3.05, 3.63) is 35.9 Å². The molecule has 0 bridgehead atoms. The number of nitrogens with zero attached hydrogens (tertiary/aromatic N) is 1. The minimum absolute atomic E-state index is 0.0431. The van der Waals surface area contributed by atoms with Crippen LogP contribution < -0.4 is 5.32 Å². The fraction of sp³-hybridized carbons (Fsp3) is 0.467. The molecule has 2 atom stereocenters. The van der Waals surface area contributed by atoms with Gasteiger partial charge in [0.2, 0.25) is 5.91 Å². The van der Waals surface area contributed by atoms with Gasteiger partial charge in [0, 0.05) is 11.3 Å². The largest absolute Gasteiger partial charge is 0.394 e. The lowest BCUT2D eigenvalue weighted by Gasteiger charge is -2.20. The van der Waals surface area contributed by atoms with Crippen molar-refractivity contribution >= 4 is 22.7 Å². The van der Waals surface area contributed by atoms with Crippen LogP contribution >= 0.6 is 11.8 Å².